The summed E-state index contributed by atoms with van der Waals surface area (Å²) < 4.78 is 0. The average Bonchev–Trinajstić information content (AvgIpc) is 3.02. The van der Waals surface area contributed by atoms with Crippen LogP contribution in [-0.4, -0.2) is 23.5 Å². The molecule has 5 nitrogen and oxygen atoms in total. The van der Waals surface area contributed by atoms with E-state index in [0.717, 1.165) is 5.69 Å². The molecule has 5 aromatic rings. The topological polar surface area (TPSA) is 69.6 Å². The second-order valence-corrected chi connectivity index (χ2v) is 9.93. The molecule has 0 saturated carbocycles. The quantitative estimate of drug-likeness (QED) is 0.183. The SMILES string of the molecule is O=C(O)CCNC(=O)c1ccc(N(Cc2ccc(-c3ccccc3)cc2)Cc2ccc(-c3ccccc3)cc2)cc1. The number of aliphatic carboxylic acids is 1. The van der Waals surface area contributed by atoms with Gasteiger partial charge in [-0.2, -0.15) is 0 Å². The smallest absolute Gasteiger partial charge is 0.305 e. The first kappa shape index (κ1) is 27.4. The summed E-state index contributed by atoms with van der Waals surface area (Å²) >= 11 is 0. The number of nitrogens with zero attached hydrogens (tertiary/aromatic N) is 1. The summed E-state index contributed by atoms with van der Waals surface area (Å²) in [5, 5.41) is 11.5. The fourth-order valence-corrected chi connectivity index (χ4v) is 4.75. The van der Waals surface area contributed by atoms with Crippen molar-refractivity contribution >= 4 is 17.6 Å². The minimum Gasteiger partial charge on any atom is -0.481 e. The second-order valence-electron chi connectivity index (χ2n) is 9.93. The number of carbonyl (C=O) groups is 2. The van der Waals surface area contributed by atoms with Crippen LogP contribution in [0.3, 0.4) is 0 Å². The standard InChI is InChI=1S/C36H32N2O3/c39-35(40)23-24-37-36(41)33-19-21-34(22-20-33)38(25-27-11-15-31(16-12-27)29-7-3-1-4-8-29)26-28-13-17-32(18-14-28)30-9-5-2-6-10-30/h1-22H,23-26H2,(H,37,41)(H,39,40). The van der Waals surface area contributed by atoms with Crippen LogP contribution in [0.15, 0.2) is 133 Å². The molecule has 0 heterocycles. The summed E-state index contributed by atoms with van der Waals surface area (Å²) in [7, 11) is 0. The lowest BCUT2D eigenvalue weighted by atomic mass is 10.0. The summed E-state index contributed by atoms with van der Waals surface area (Å²) in [5.74, 6) is -1.22. The Hall–Kier alpha value is -5.16. The molecule has 204 valence electrons. The predicted octanol–water partition coefficient (Wildman–Crippen LogP) is 7.43. The van der Waals surface area contributed by atoms with Crippen LogP contribution < -0.4 is 10.2 Å². The monoisotopic (exact) mass is 540 g/mol. The number of carboxylic acids is 1. The lowest BCUT2D eigenvalue weighted by Gasteiger charge is -2.26. The first-order valence-electron chi connectivity index (χ1n) is 13.7. The molecule has 5 rings (SSSR count). The zero-order valence-corrected chi connectivity index (χ0v) is 22.7. The van der Waals surface area contributed by atoms with Gasteiger partial charge in [-0.15, -0.1) is 0 Å². The molecule has 0 fully saturated rings. The third-order valence-corrected chi connectivity index (χ3v) is 6.99. The predicted molar refractivity (Wildman–Crippen MR) is 165 cm³/mol. The third kappa shape index (κ3) is 7.49. The van der Waals surface area contributed by atoms with Crippen LogP contribution in [0, 0.1) is 0 Å². The van der Waals surface area contributed by atoms with E-state index in [1.165, 1.54) is 33.4 Å². The number of carboxylic acid groups (broad SMARTS) is 1. The van der Waals surface area contributed by atoms with E-state index >= 15 is 0 Å². The molecule has 0 saturated heterocycles. The second kappa shape index (κ2) is 13.3. The van der Waals surface area contributed by atoms with Gasteiger partial charge in [-0.1, -0.05) is 109 Å². The molecule has 0 aliphatic rings. The molecule has 0 atom stereocenters. The van der Waals surface area contributed by atoms with E-state index in [1.807, 2.05) is 48.5 Å². The maximum Gasteiger partial charge on any atom is 0.305 e. The van der Waals surface area contributed by atoms with E-state index in [0.29, 0.717) is 18.7 Å². The maximum absolute atomic E-state index is 12.5. The molecule has 1 amide bonds. The molecule has 5 aromatic carbocycles. The van der Waals surface area contributed by atoms with E-state index < -0.39 is 5.97 Å². The van der Waals surface area contributed by atoms with Gasteiger partial charge in [-0.25, -0.2) is 0 Å². The van der Waals surface area contributed by atoms with Gasteiger partial charge in [0.15, 0.2) is 0 Å². The van der Waals surface area contributed by atoms with Crippen LogP contribution in [0.1, 0.15) is 27.9 Å². The fraction of sp³-hybridized carbons (Fsp3) is 0.111. The van der Waals surface area contributed by atoms with E-state index in [9.17, 15) is 9.59 Å². The molecule has 5 heteroatoms. The zero-order chi connectivity index (χ0) is 28.4. The summed E-state index contributed by atoms with van der Waals surface area (Å²) in [6.07, 6.45) is -0.107. The van der Waals surface area contributed by atoms with E-state index in [1.54, 1.807) is 12.1 Å². The highest BCUT2D eigenvalue weighted by molar-refractivity contribution is 5.94. The molecule has 0 aliphatic heterocycles. The van der Waals surface area contributed by atoms with Crippen molar-refractivity contribution in [3.63, 3.8) is 0 Å². The van der Waals surface area contributed by atoms with E-state index in [2.05, 4.69) is 83.0 Å². The lowest BCUT2D eigenvalue weighted by Crippen LogP contribution is -2.26. The molecule has 2 N–H and O–H groups in total. The Bertz CT molecular complexity index is 1480. The largest absolute Gasteiger partial charge is 0.481 e. The van der Waals surface area contributed by atoms with Gasteiger partial charge in [0.25, 0.3) is 5.91 Å². The van der Waals surface area contributed by atoms with Crippen LogP contribution in [0.2, 0.25) is 0 Å². The number of amides is 1. The number of benzene rings is 5. The fourth-order valence-electron chi connectivity index (χ4n) is 4.75. The minimum absolute atomic E-state index is 0.0972. The van der Waals surface area contributed by atoms with Crippen molar-refractivity contribution in [2.75, 3.05) is 11.4 Å². The van der Waals surface area contributed by atoms with Gasteiger partial charge in [0.1, 0.15) is 0 Å². The van der Waals surface area contributed by atoms with Gasteiger partial charge in [-0.05, 0) is 57.6 Å². The highest BCUT2D eigenvalue weighted by Gasteiger charge is 2.12. The third-order valence-electron chi connectivity index (χ3n) is 6.99. The summed E-state index contributed by atoms with van der Waals surface area (Å²) in [6, 6.07) is 45.4. The van der Waals surface area contributed by atoms with Crippen LogP contribution in [0.5, 0.6) is 0 Å². The number of nitrogens with one attached hydrogen (secondary N) is 1. The number of rotatable bonds is 11. The first-order chi connectivity index (χ1) is 20.0. The van der Waals surface area contributed by atoms with Crippen LogP contribution in [0.25, 0.3) is 22.3 Å². The molecular weight excluding hydrogens is 508 g/mol. The Balaban J connectivity index is 1.35. The highest BCUT2D eigenvalue weighted by Crippen LogP contribution is 2.25. The average molecular weight is 541 g/mol. The number of hydrogen-bond donors (Lipinski definition) is 2. The molecule has 0 aliphatic carbocycles. The van der Waals surface area contributed by atoms with Gasteiger partial charge in [-0.3, -0.25) is 9.59 Å². The molecule has 0 aromatic heterocycles. The number of carbonyl (C=O) groups excluding carboxylic acids is 1. The Morgan fingerprint density at radius 1 is 0.561 bits per heavy atom. The lowest BCUT2D eigenvalue weighted by molar-refractivity contribution is -0.136. The highest BCUT2D eigenvalue weighted by atomic mass is 16.4. The molecule has 0 radical (unpaired) electrons. The minimum atomic E-state index is -0.940. The Kier molecular flexibility index (Phi) is 8.87. The van der Waals surface area contributed by atoms with Crippen molar-refractivity contribution in [1.82, 2.24) is 5.32 Å². The first-order valence-corrected chi connectivity index (χ1v) is 13.7. The maximum atomic E-state index is 12.5. The summed E-state index contributed by atoms with van der Waals surface area (Å²) in [6.45, 7) is 1.49. The zero-order valence-electron chi connectivity index (χ0n) is 22.7. The van der Waals surface area contributed by atoms with Crippen LogP contribution >= 0.6 is 0 Å². The molecule has 0 unspecified atom stereocenters. The van der Waals surface area contributed by atoms with Crippen molar-refractivity contribution in [3.8, 4) is 22.3 Å². The Morgan fingerprint density at radius 2 is 1.00 bits per heavy atom. The van der Waals surface area contributed by atoms with Crippen molar-refractivity contribution in [3.05, 3.63) is 150 Å². The number of anilines is 1. The van der Waals surface area contributed by atoms with Crippen LogP contribution in [-0.2, 0) is 17.9 Å². The normalized spacial score (nSPS) is 10.6. The van der Waals surface area contributed by atoms with Crippen molar-refractivity contribution < 1.29 is 14.7 Å². The summed E-state index contributed by atoms with van der Waals surface area (Å²) in [5.41, 5.74) is 8.58. The van der Waals surface area contributed by atoms with Gasteiger partial charge >= 0.3 is 5.97 Å². The van der Waals surface area contributed by atoms with Crippen molar-refractivity contribution in [2.24, 2.45) is 0 Å². The molecular formula is C36H32N2O3. The van der Waals surface area contributed by atoms with E-state index in [4.69, 9.17) is 5.11 Å². The van der Waals surface area contributed by atoms with Gasteiger partial charge in [0.05, 0.1) is 6.42 Å². The Morgan fingerprint density at radius 3 is 1.44 bits per heavy atom. The van der Waals surface area contributed by atoms with Crippen molar-refractivity contribution in [1.29, 1.82) is 0 Å². The van der Waals surface area contributed by atoms with Gasteiger partial charge in [0.2, 0.25) is 0 Å². The molecule has 0 bridgehead atoms. The number of hydrogen-bond acceptors (Lipinski definition) is 3. The van der Waals surface area contributed by atoms with Gasteiger partial charge in [0, 0.05) is 30.9 Å². The summed E-state index contributed by atoms with van der Waals surface area (Å²) in [4.78, 5) is 25.5. The van der Waals surface area contributed by atoms with E-state index in [-0.39, 0.29) is 18.9 Å². The van der Waals surface area contributed by atoms with Crippen LogP contribution in [0.4, 0.5) is 5.69 Å². The van der Waals surface area contributed by atoms with Gasteiger partial charge < -0.3 is 15.3 Å². The Labute approximate surface area is 240 Å². The van der Waals surface area contributed by atoms with Crippen molar-refractivity contribution in [2.45, 2.75) is 19.5 Å². The molecule has 41 heavy (non-hydrogen) atoms. The molecule has 0 spiro atoms.